The van der Waals surface area contributed by atoms with E-state index < -0.39 is 0 Å². The molecule has 1 aliphatic rings. The van der Waals surface area contributed by atoms with Crippen molar-refractivity contribution >= 4 is 33.6 Å². The van der Waals surface area contributed by atoms with Gasteiger partial charge in [-0.3, -0.25) is 9.78 Å². The van der Waals surface area contributed by atoms with Crippen LogP contribution in [0.25, 0.3) is 10.9 Å². The van der Waals surface area contributed by atoms with Gasteiger partial charge in [0, 0.05) is 22.9 Å². The topological polar surface area (TPSA) is 54.4 Å². The number of hydrogen-bond donors (Lipinski definition) is 1. The van der Waals surface area contributed by atoms with Gasteiger partial charge >= 0.3 is 0 Å². The molecule has 0 atom stereocenters. The molecule has 0 radical (unpaired) electrons. The van der Waals surface area contributed by atoms with Gasteiger partial charge in [0.15, 0.2) is 0 Å². The second-order valence-corrected chi connectivity index (χ2v) is 4.61. The van der Waals surface area contributed by atoms with Crippen molar-refractivity contribution in [3.05, 3.63) is 42.1 Å². The zero-order valence-corrected chi connectivity index (χ0v) is 9.70. The first-order valence-corrected chi connectivity index (χ1v) is 6.16. The first kappa shape index (κ1) is 10.3. The van der Waals surface area contributed by atoms with Crippen molar-refractivity contribution in [2.45, 2.75) is 0 Å². The number of para-hydroxylation sites is 1. The Kier molecular flexibility index (Phi) is 2.53. The van der Waals surface area contributed by atoms with Crippen molar-refractivity contribution < 1.29 is 4.79 Å². The second kappa shape index (κ2) is 4.18. The van der Waals surface area contributed by atoms with Crippen molar-refractivity contribution in [1.29, 1.82) is 0 Å². The molecule has 1 N–H and O–H groups in total. The van der Waals surface area contributed by atoms with E-state index in [1.807, 2.05) is 30.3 Å². The molecular formula is C12H9N3OS. The van der Waals surface area contributed by atoms with Crippen molar-refractivity contribution in [3.63, 3.8) is 0 Å². The number of nitrogens with zero attached hydrogens (tertiary/aromatic N) is 2. The molecular weight excluding hydrogens is 234 g/mol. The lowest BCUT2D eigenvalue weighted by molar-refractivity contribution is 0.261. The van der Waals surface area contributed by atoms with Crippen LogP contribution >= 0.6 is 11.8 Å². The lowest BCUT2D eigenvalue weighted by atomic mass is 10.1. The number of amides is 1. The minimum Gasteiger partial charge on any atom is -0.260 e. The number of hydrazone groups is 1. The van der Waals surface area contributed by atoms with E-state index in [1.54, 1.807) is 6.20 Å². The smallest absolute Gasteiger partial charge is 0.260 e. The molecule has 3 rings (SSSR count). The summed E-state index contributed by atoms with van der Waals surface area (Å²) in [6, 6.07) is 9.97. The molecule has 0 aliphatic carbocycles. The van der Waals surface area contributed by atoms with Gasteiger partial charge < -0.3 is 0 Å². The van der Waals surface area contributed by atoms with Gasteiger partial charge in [-0.25, -0.2) is 5.43 Å². The summed E-state index contributed by atoms with van der Waals surface area (Å²) in [5.74, 6) is 0.589. The van der Waals surface area contributed by atoms with Gasteiger partial charge in [-0.2, -0.15) is 5.10 Å². The van der Waals surface area contributed by atoms with Crippen LogP contribution in [0, 0.1) is 0 Å². The number of fused-ring (bicyclic) bond motifs is 1. The summed E-state index contributed by atoms with van der Waals surface area (Å²) in [6.45, 7) is 0. The third kappa shape index (κ3) is 2.01. The molecule has 0 unspecified atom stereocenters. The Bertz CT molecular complexity index is 624. The molecule has 5 heteroatoms. The van der Waals surface area contributed by atoms with E-state index in [9.17, 15) is 4.79 Å². The number of hydrogen-bond acceptors (Lipinski definition) is 4. The number of carbonyl (C=O) groups is 1. The van der Waals surface area contributed by atoms with Crippen molar-refractivity contribution in [3.8, 4) is 0 Å². The van der Waals surface area contributed by atoms with Crippen molar-refractivity contribution in [2.24, 2.45) is 5.10 Å². The first-order chi connectivity index (χ1) is 8.33. The van der Waals surface area contributed by atoms with Crippen LogP contribution in [-0.2, 0) is 0 Å². The van der Waals surface area contributed by atoms with Crippen LogP contribution in [-0.4, -0.2) is 21.7 Å². The number of thioether (sulfide) groups is 1. The fourth-order valence-electron chi connectivity index (χ4n) is 1.69. The third-order valence-corrected chi connectivity index (χ3v) is 3.32. The van der Waals surface area contributed by atoms with Gasteiger partial charge in [0.1, 0.15) is 0 Å². The maximum Gasteiger partial charge on any atom is 0.299 e. The van der Waals surface area contributed by atoms with E-state index in [1.165, 1.54) is 11.8 Å². The van der Waals surface area contributed by atoms with Gasteiger partial charge in [0.25, 0.3) is 5.24 Å². The van der Waals surface area contributed by atoms with Crippen LogP contribution in [0.5, 0.6) is 0 Å². The van der Waals surface area contributed by atoms with Gasteiger partial charge in [-0.1, -0.05) is 30.0 Å². The highest BCUT2D eigenvalue weighted by Gasteiger charge is 2.14. The Morgan fingerprint density at radius 2 is 2.18 bits per heavy atom. The average molecular weight is 243 g/mol. The van der Waals surface area contributed by atoms with Crippen LogP contribution in [0.2, 0.25) is 0 Å². The highest BCUT2D eigenvalue weighted by Crippen LogP contribution is 2.17. The molecule has 0 saturated carbocycles. The third-order valence-electron chi connectivity index (χ3n) is 2.55. The number of benzene rings is 1. The van der Waals surface area contributed by atoms with Crippen LogP contribution in [0.3, 0.4) is 0 Å². The summed E-state index contributed by atoms with van der Waals surface area (Å²) in [4.78, 5) is 15.4. The van der Waals surface area contributed by atoms with E-state index in [0.29, 0.717) is 5.75 Å². The van der Waals surface area contributed by atoms with Crippen LogP contribution in [0.15, 0.2) is 41.6 Å². The largest absolute Gasteiger partial charge is 0.299 e. The molecule has 2 aromatic rings. The normalized spacial score (nSPS) is 15.5. The molecule has 4 nitrogen and oxygen atoms in total. The fraction of sp³-hybridized carbons (Fsp3) is 0.0833. The molecule has 1 aliphatic heterocycles. The van der Waals surface area contributed by atoms with E-state index in [-0.39, 0.29) is 5.24 Å². The van der Waals surface area contributed by atoms with E-state index >= 15 is 0 Å². The highest BCUT2D eigenvalue weighted by atomic mass is 32.2. The fourth-order valence-corrected chi connectivity index (χ4v) is 2.30. The molecule has 2 heterocycles. The Balaban J connectivity index is 2.03. The zero-order chi connectivity index (χ0) is 11.7. The first-order valence-electron chi connectivity index (χ1n) is 5.17. The summed E-state index contributed by atoms with van der Waals surface area (Å²) in [5, 5.41) is 5.01. The lowest BCUT2D eigenvalue weighted by Gasteiger charge is -2.11. The van der Waals surface area contributed by atoms with Gasteiger partial charge in [-0.15, -0.1) is 0 Å². The maximum absolute atomic E-state index is 11.0. The predicted octanol–water partition coefficient (Wildman–Crippen LogP) is 2.40. The SMILES string of the molecule is O=C1NN=C(c2cnc3ccccc3c2)CS1. The molecule has 0 fully saturated rings. The van der Waals surface area contributed by atoms with Gasteiger partial charge in [0.2, 0.25) is 0 Å². The predicted molar refractivity (Wildman–Crippen MR) is 69.3 cm³/mol. The zero-order valence-electron chi connectivity index (χ0n) is 8.88. The van der Waals surface area contributed by atoms with Crippen molar-refractivity contribution in [1.82, 2.24) is 10.4 Å². The maximum atomic E-state index is 11.0. The van der Waals surface area contributed by atoms with E-state index in [0.717, 1.165) is 22.2 Å². The summed E-state index contributed by atoms with van der Waals surface area (Å²) in [7, 11) is 0. The number of pyridine rings is 1. The minimum absolute atomic E-state index is 0.109. The Labute approximate surface area is 102 Å². The van der Waals surface area contributed by atoms with Crippen LogP contribution in [0.4, 0.5) is 4.79 Å². The molecule has 17 heavy (non-hydrogen) atoms. The molecule has 0 saturated heterocycles. The number of nitrogens with one attached hydrogen (secondary N) is 1. The summed E-state index contributed by atoms with van der Waals surface area (Å²) < 4.78 is 0. The van der Waals surface area contributed by atoms with Crippen LogP contribution < -0.4 is 5.43 Å². The van der Waals surface area contributed by atoms with Gasteiger partial charge in [0.05, 0.1) is 11.2 Å². The Hall–Kier alpha value is -1.88. The standard InChI is InChI=1S/C12H9N3OS/c16-12-15-14-11(7-17-12)9-5-8-3-1-2-4-10(8)13-6-9/h1-6H,7H2,(H,15,16). The highest BCUT2D eigenvalue weighted by molar-refractivity contribution is 8.14. The molecule has 0 bridgehead atoms. The summed E-state index contributed by atoms with van der Waals surface area (Å²) in [6.07, 6.45) is 1.79. The van der Waals surface area contributed by atoms with Gasteiger partial charge in [-0.05, 0) is 12.1 Å². The molecule has 1 amide bonds. The summed E-state index contributed by atoms with van der Waals surface area (Å²) in [5.41, 5.74) is 5.23. The lowest BCUT2D eigenvalue weighted by Crippen LogP contribution is -2.23. The second-order valence-electron chi connectivity index (χ2n) is 3.66. The number of aromatic nitrogens is 1. The van der Waals surface area contributed by atoms with Crippen LogP contribution in [0.1, 0.15) is 5.56 Å². The minimum atomic E-state index is -0.109. The monoisotopic (exact) mass is 243 g/mol. The Morgan fingerprint density at radius 3 is 3.00 bits per heavy atom. The number of carbonyl (C=O) groups excluding carboxylic acids is 1. The van der Waals surface area contributed by atoms with E-state index in [2.05, 4.69) is 15.5 Å². The molecule has 84 valence electrons. The Morgan fingerprint density at radius 1 is 1.29 bits per heavy atom. The van der Waals surface area contributed by atoms with Crippen molar-refractivity contribution in [2.75, 3.05) is 5.75 Å². The summed E-state index contributed by atoms with van der Waals surface area (Å²) >= 11 is 1.22. The average Bonchev–Trinajstić information content (AvgIpc) is 2.39. The molecule has 1 aromatic carbocycles. The number of rotatable bonds is 1. The van der Waals surface area contributed by atoms with E-state index in [4.69, 9.17) is 0 Å². The molecule has 0 spiro atoms. The quantitative estimate of drug-likeness (QED) is 0.836. The molecule has 1 aromatic heterocycles.